The molecule has 5 nitrogen and oxygen atoms in total. The molecule has 0 bridgehead atoms. The number of amides is 1. The summed E-state index contributed by atoms with van der Waals surface area (Å²) in [4.78, 5) is 22.1. The second kappa shape index (κ2) is 5.79. The number of nitro benzene ring substituents is 1. The standard InChI is InChI=1S/C13H8BrFN2O3/c14-9-6-5-8(7-12(9)17(19)20)13(18)16-11-4-2-1-3-10(11)15/h1-7H,(H,16,18). The maximum Gasteiger partial charge on any atom is 0.284 e. The van der Waals surface area contributed by atoms with E-state index < -0.39 is 16.6 Å². The minimum atomic E-state index is -0.620. The van der Waals surface area contributed by atoms with Crippen molar-refractivity contribution in [2.75, 3.05) is 5.32 Å². The number of hydrogen-bond donors (Lipinski definition) is 1. The van der Waals surface area contributed by atoms with Gasteiger partial charge in [0.1, 0.15) is 5.82 Å². The van der Waals surface area contributed by atoms with E-state index in [4.69, 9.17) is 0 Å². The fraction of sp³-hybridized carbons (Fsp3) is 0. The average molecular weight is 339 g/mol. The number of rotatable bonds is 3. The predicted octanol–water partition coefficient (Wildman–Crippen LogP) is 3.75. The van der Waals surface area contributed by atoms with E-state index in [1.165, 1.54) is 30.3 Å². The van der Waals surface area contributed by atoms with E-state index in [-0.39, 0.29) is 21.4 Å². The molecule has 2 rings (SSSR count). The summed E-state index contributed by atoms with van der Waals surface area (Å²) in [6, 6.07) is 9.61. The number of nitro groups is 1. The number of carbonyl (C=O) groups excluding carboxylic acids is 1. The highest BCUT2D eigenvalue weighted by atomic mass is 79.9. The topological polar surface area (TPSA) is 72.2 Å². The monoisotopic (exact) mass is 338 g/mol. The quantitative estimate of drug-likeness (QED) is 0.684. The number of hydrogen-bond acceptors (Lipinski definition) is 3. The summed E-state index contributed by atoms with van der Waals surface area (Å²) in [5.41, 5.74) is -0.141. The molecule has 2 aromatic rings. The van der Waals surface area contributed by atoms with Crippen molar-refractivity contribution < 1.29 is 14.1 Å². The molecule has 0 heterocycles. The molecule has 7 heteroatoms. The zero-order valence-corrected chi connectivity index (χ0v) is 11.6. The van der Waals surface area contributed by atoms with Crippen molar-refractivity contribution in [2.45, 2.75) is 0 Å². The van der Waals surface area contributed by atoms with E-state index in [9.17, 15) is 19.3 Å². The highest BCUT2D eigenvalue weighted by Crippen LogP contribution is 2.26. The van der Waals surface area contributed by atoms with Crippen LogP contribution < -0.4 is 5.32 Å². The first-order valence-electron chi connectivity index (χ1n) is 5.49. The highest BCUT2D eigenvalue weighted by molar-refractivity contribution is 9.10. The van der Waals surface area contributed by atoms with Crippen molar-refractivity contribution in [1.29, 1.82) is 0 Å². The minimum Gasteiger partial charge on any atom is -0.319 e. The maximum absolute atomic E-state index is 13.4. The Bertz CT molecular complexity index is 691. The molecule has 0 aliphatic carbocycles. The lowest BCUT2D eigenvalue weighted by molar-refractivity contribution is -0.385. The van der Waals surface area contributed by atoms with Crippen LogP contribution in [0, 0.1) is 15.9 Å². The molecule has 0 unspecified atom stereocenters. The van der Waals surface area contributed by atoms with Crippen molar-refractivity contribution in [3.05, 3.63) is 68.4 Å². The number of nitrogens with one attached hydrogen (secondary N) is 1. The number of carbonyl (C=O) groups is 1. The second-order valence-electron chi connectivity index (χ2n) is 3.86. The molecule has 0 fully saturated rings. The smallest absolute Gasteiger partial charge is 0.284 e. The van der Waals surface area contributed by atoms with Crippen LogP contribution in [-0.4, -0.2) is 10.8 Å². The van der Waals surface area contributed by atoms with Gasteiger partial charge >= 0.3 is 0 Å². The lowest BCUT2D eigenvalue weighted by Crippen LogP contribution is -2.13. The number of para-hydroxylation sites is 1. The first kappa shape index (κ1) is 14.1. The number of anilines is 1. The van der Waals surface area contributed by atoms with Gasteiger partial charge in [-0.25, -0.2) is 4.39 Å². The van der Waals surface area contributed by atoms with Gasteiger partial charge in [0.05, 0.1) is 15.1 Å². The van der Waals surface area contributed by atoms with Crippen LogP contribution in [0.3, 0.4) is 0 Å². The van der Waals surface area contributed by atoms with Gasteiger partial charge in [0.2, 0.25) is 0 Å². The molecule has 0 radical (unpaired) electrons. The van der Waals surface area contributed by atoms with E-state index in [1.54, 1.807) is 6.07 Å². The van der Waals surface area contributed by atoms with E-state index in [0.29, 0.717) is 0 Å². The largest absolute Gasteiger partial charge is 0.319 e. The zero-order chi connectivity index (χ0) is 14.7. The molecule has 0 aliphatic rings. The molecule has 0 aliphatic heterocycles. The second-order valence-corrected chi connectivity index (χ2v) is 4.71. The van der Waals surface area contributed by atoms with E-state index >= 15 is 0 Å². The number of benzene rings is 2. The summed E-state index contributed by atoms with van der Waals surface area (Å²) in [7, 11) is 0. The van der Waals surface area contributed by atoms with Crippen molar-refractivity contribution in [3.63, 3.8) is 0 Å². The summed E-state index contributed by atoms with van der Waals surface area (Å²) >= 11 is 3.03. The Labute approximate surface area is 121 Å². The lowest BCUT2D eigenvalue weighted by atomic mass is 10.2. The van der Waals surface area contributed by atoms with E-state index in [2.05, 4.69) is 21.2 Å². The summed E-state index contributed by atoms with van der Waals surface area (Å²) < 4.78 is 13.7. The third kappa shape index (κ3) is 3.00. The first-order valence-corrected chi connectivity index (χ1v) is 6.28. The molecule has 1 N–H and O–H groups in total. The van der Waals surface area contributed by atoms with Crippen molar-refractivity contribution in [2.24, 2.45) is 0 Å². The van der Waals surface area contributed by atoms with Gasteiger partial charge < -0.3 is 5.32 Å². The van der Waals surface area contributed by atoms with Gasteiger partial charge in [-0.2, -0.15) is 0 Å². The van der Waals surface area contributed by atoms with Crippen LogP contribution in [0.5, 0.6) is 0 Å². The fourth-order valence-corrected chi connectivity index (χ4v) is 1.94. The van der Waals surface area contributed by atoms with Gasteiger partial charge in [-0.15, -0.1) is 0 Å². The van der Waals surface area contributed by atoms with Gasteiger partial charge in [0.25, 0.3) is 11.6 Å². The molecule has 102 valence electrons. The van der Waals surface area contributed by atoms with E-state index in [0.717, 1.165) is 6.07 Å². The molecule has 0 spiro atoms. The number of nitrogens with zero attached hydrogens (tertiary/aromatic N) is 1. The molecular formula is C13H8BrFN2O3. The van der Waals surface area contributed by atoms with Gasteiger partial charge in [-0.1, -0.05) is 12.1 Å². The van der Waals surface area contributed by atoms with Gasteiger partial charge in [-0.3, -0.25) is 14.9 Å². The minimum absolute atomic E-state index is 0.0167. The van der Waals surface area contributed by atoms with Crippen LogP contribution in [0.1, 0.15) is 10.4 Å². The summed E-state index contributed by atoms with van der Waals surface area (Å²) in [5.74, 6) is -1.20. The number of halogens is 2. The fourth-order valence-electron chi connectivity index (χ4n) is 1.55. The highest BCUT2D eigenvalue weighted by Gasteiger charge is 2.16. The molecule has 1 amide bonds. The van der Waals surface area contributed by atoms with E-state index in [1.807, 2.05) is 0 Å². The predicted molar refractivity (Wildman–Crippen MR) is 75.1 cm³/mol. The Morgan fingerprint density at radius 1 is 1.25 bits per heavy atom. The van der Waals surface area contributed by atoms with Crippen LogP contribution in [0.4, 0.5) is 15.8 Å². The SMILES string of the molecule is O=C(Nc1ccccc1F)c1ccc(Br)c([N+](=O)[O-])c1. The van der Waals surface area contributed by atoms with Crippen LogP contribution >= 0.6 is 15.9 Å². The molecule has 0 aromatic heterocycles. The maximum atomic E-state index is 13.4. The Morgan fingerprint density at radius 3 is 2.60 bits per heavy atom. The molecule has 20 heavy (non-hydrogen) atoms. The van der Waals surface area contributed by atoms with Crippen LogP contribution in [0.2, 0.25) is 0 Å². The van der Waals surface area contributed by atoms with Crippen LogP contribution in [0.25, 0.3) is 0 Å². The Hall–Kier alpha value is -2.28. The van der Waals surface area contributed by atoms with Gasteiger partial charge in [0, 0.05) is 11.6 Å². The van der Waals surface area contributed by atoms with Crippen molar-refractivity contribution in [1.82, 2.24) is 0 Å². The van der Waals surface area contributed by atoms with Gasteiger partial charge in [-0.05, 0) is 40.2 Å². The van der Waals surface area contributed by atoms with Crippen LogP contribution in [0.15, 0.2) is 46.9 Å². The normalized spacial score (nSPS) is 10.1. The van der Waals surface area contributed by atoms with Gasteiger partial charge in [0.15, 0.2) is 0 Å². The molecular weight excluding hydrogens is 331 g/mol. The Balaban J connectivity index is 2.28. The summed E-state index contributed by atoms with van der Waals surface area (Å²) in [6.07, 6.45) is 0. The molecule has 0 saturated heterocycles. The molecule has 2 aromatic carbocycles. The zero-order valence-electron chi connectivity index (χ0n) is 9.97. The average Bonchev–Trinajstić information content (AvgIpc) is 2.41. The third-order valence-electron chi connectivity index (χ3n) is 2.53. The summed E-state index contributed by atoms with van der Waals surface area (Å²) in [6.45, 7) is 0. The first-order chi connectivity index (χ1) is 9.49. The lowest BCUT2D eigenvalue weighted by Gasteiger charge is -2.06. The van der Waals surface area contributed by atoms with Crippen molar-refractivity contribution >= 4 is 33.2 Å². The molecule has 0 atom stereocenters. The molecule has 0 saturated carbocycles. The van der Waals surface area contributed by atoms with Crippen LogP contribution in [-0.2, 0) is 0 Å². The third-order valence-corrected chi connectivity index (χ3v) is 3.20. The summed E-state index contributed by atoms with van der Waals surface area (Å²) in [5, 5.41) is 13.2. The Kier molecular flexibility index (Phi) is 4.09. The Morgan fingerprint density at radius 2 is 1.95 bits per heavy atom. The van der Waals surface area contributed by atoms with Crippen molar-refractivity contribution in [3.8, 4) is 0 Å².